The number of fused-ring (bicyclic) bond motifs is 8. The van der Waals surface area contributed by atoms with Crippen LogP contribution in [0.15, 0.2) is 121 Å². The number of carbonyl (C=O) groups is 8. The molecule has 8 bridgehead atoms. The highest BCUT2D eigenvalue weighted by Crippen LogP contribution is 2.42. The molecule has 20 heteroatoms. The molecule has 4 aromatic carbocycles. The van der Waals surface area contributed by atoms with Gasteiger partial charge in [0.1, 0.15) is 0 Å². The number of ketones is 4. The van der Waals surface area contributed by atoms with Crippen molar-refractivity contribution < 1.29 is 58.8 Å². The van der Waals surface area contributed by atoms with E-state index in [2.05, 4.69) is 31.2 Å². The van der Waals surface area contributed by atoms with Gasteiger partial charge < -0.3 is 51.7 Å². The van der Waals surface area contributed by atoms with Crippen molar-refractivity contribution in [2.24, 2.45) is 23.7 Å². The molecule has 5 heterocycles. The van der Waals surface area contributed by atoms with Crippen LogP contribution in [0.5, 0.6) is 0 Å². The first kappa shape index (κ1) is 65.7. The van der Waals surface area contributed by atoms with Crippen molar-refractivity contribution in [1.29, 1.82) is 0 Å². The number of carboxylic acid groups (broad SMARTS) is 4. The van der Waals surface area contributed by atoms with Crippen molar-refractivity contribution >= 4 is 116 Å². The van der Waals surface area contributed by atoms with Gasteiger partial charge in [-0.05, 0) is 171 Å². The molecule has 7 aromatic rings. The van der Waals surface area contributed by atoms with Crippen LogP contribution in [-0.2, 0) is 38.4 Å². The number of hydrogen-bond donors (Lipinski definition) is 10. The van der Waals surface area contributed by atoms with E-state index in [0.717, 1.165) is 0 Å². The maximum absolute atomic E-state index is 13.4. The average Bonchev–Trinajstić information content (AvgIpc) is 1.51. The van der Waals surface area contributed by atoms with E-state index in [1.165, 1.54) is 27.7 Å². The third-order valence-corrected chi connectivity index (χ3v) is 17.8. The van der Waals surface area contributed by atoms with Crippen LogP contribution >= 0.6 is 0 Å². The summed E-state index contributed by atoms with van der Waals surface area (Å²) in [5.74, 6) is -10.6. The number of carboxylic acids is 4. The summed E-state index contributed by atoms with van der Waals surface area (Å²) >= 11 is 0. The molecule has 0 spiro atoms. The summed E-state index contributed by atoms with van der Waals surface area (Å²) in [4.78, 5) is 124. The number of aliphatic carboxylic acids is 4. The summed E-state index contributed by atoms with van der Waals surface area (Å²) in [7, 11) is 0. The molecular formula is C72H74N8O12. The van der Waals surface area contributed by atoms with Crippen LogP contribution in [0.2, 0.25) is 0 Å². The molecule has 2 aliphatic heterocycles. The highest BCUT2D eigenvalue weighted by atomic mass is 16.4. The van der Waals surface area contributed by atoms with Gasteiger partial charge in [0.25, 0.3) is 0 Å². The summed E-state index contributed by atoms with van der Waals surface area (Å²) in [6, 6.07) is 35.2. The Morgan fingerprint density at radius 1 is 0.337 bits per heavy atom. The van der Waals surface area contributed by atoms with Crippen LogP contribution in [0, 0.1) is 23.7 Å². The van der Waals surface area contributed by atoms with Crippen molar-refractivity contribution in [2.75, 3.05) is 21.3 Å². The van der Waals surface area contributed by atoms with Gasteiger partial charge >= 0.3 is 23.9 Å². The molecule has 4 atom stereocenters. The molecular weight excluding hydrogens is 1170 g/mol. The SMILES string of the molecule is CC(=O)C(Nc1cccc(-c2c3nc(c(-c4cccc(NC(C(C)=O)(C(=O)O)C(C)C)c4)c4ccc([nH]4)c(-c4cccc(NC(C(C)=O)(C(=O)O)C(C)C)c4)c4nc(c(-c5cccc(NC(C(C)=O)(C(=O)O)C(C)C)c5)c5ccc2[nH]5)C=C4)C=C3)c1)(C(=O)O)C(C)C. The number of Topliss-reactive ketones (excluding diaryl/α,β-unsaturated/α-hetero) is 4. The van der Waals surface area contributed by atoms with Crippen molar-refractivity contribution in [3.63, 3.8) is 0 Å². The van der Waals surface area contributed by atoms with E-state index in [1.807, 2.05) is 72.8 Å². The standard InChI is InChI=1S/C72H74N8O12/c1-37(2)69(41(9)81,65(85)86)77-49-21-13-17-45(33-49)61-53-25-27-55(73-53)62(46-18-14-22-50(34-46)78-70(38(3)4,42(10)82)66(87)88)57-29-31-59(75-57)64(48-20-16-24-52(36-48)80-72(40(7)8,44(12)84)68(91)92)60-32-30-58(76-60)63(56-28-26-54(61)74-56)47-19-15-23-51(35-47)79-71(39(5)6,43(11)83)67(89)90/h13-40,73,76-80H,1-12H3,(H,85,86)(H,87,88)(H,89,90)(H,91,92). The predicted octanol–water partition coefficient (Wildman–Crippen LogP) is 13.2. The lowest BCUT2D eigenvalue weighted by molar-refractivity contribution is -0.150. The topological polar surface area (TPSA) is 323 Å². The minimum Gasteiger partial charge on any atom is -0.479 e. The zero-order valence-corrected chi connectivity index (χ0v) is 53.1. The zero-order chi connectivity index (χ0) is 67.1. The largest absolute Gasteiger partial charge is 0.479 e. The third kappa shape index (κ3) is 11.5. The Morgan fingerprint density at radius 2 is 0.533 bits per heavy atom. The van der Waals surface area contributed by atoms with Crippen LogP contribution in [0.1, 0.15) is 106 Å². The number of nitrogens with zero attached hydrogens (tertiary/aromatic N) is 2. The summed E-state index contributed by atoms with van der Waals surface area (Å²) in [6.45, 7) is 18.1. The Labute approximate surface area is 531 Å². The highest BCUT2D eigenvalue weighted by Gasteiger charge is 2.50. The monoisotopic (exact) mass is 1240 g/mol. The number of hydrogen-bond acceptors (Lipinski definition) is 14. The van der Waals surface area contributed by atoms with Gasteiger partial charge in [-0.2, -0.15) is 0 Å². The number of aromatic amines is 2. The van der Waals surface area contributed by atoms with Crippen molar-refractivity contribution in [2.45, 2.75) is 105 Å². The number of nitrogens with one attached hydrogen (secondary N) is 6. The number of H-pyrrole nitrogens is 2. The average molecular weight is 1240 g/mol. The summed E-state index contributed by atoms with van der Waals surface area (Å²) < 4.78 is 0. The first-order valence-corrected chi connectivity index (χ1v) is 30.1. The van der Waals surface area contributed by atoms with E-state index in [4.69, 9.17) is 9.97 Å². The Hall–Kier alpha value is -10.8. The third-order valence-electron chi connectivity index (χ3n) is 17.8. The van der Waals surface area contributed by atoms with Crippen molar-refractivity contribution in [3.8, 4) is 44.5 Å². The van der Waals surface area contributed by atoms with Crippen LogP contribution < -0.4 is 21.3 Å². The summed E-state index contributed by atoms with van der Waals surface area (Å²) in [5.41, 5.74) is 1.18. The molecule has 0 fully saturated rings. The number of aromatic nitrogens is 4. The Balaban J connectivity index is 1.44. The molecule has 0 radical (unpaired) electrons. The maximum atomic E-state index is 13.4. The minimum atomic E-state index is -2.00. The quantitative estimate of drug-likeness (QED) is 0.0251. The molecule has 0 aliphatic carbocycles. The van der Waals surface area contributed by atoms with Gasteiger partial charge in [0.05, 0.1) is 22.8 Å². The van der Waals surface area contributed by atoms with Gasteiger partial charge in [0.15, 0.2) is 45.3 Å². The first-order chi connectivity index (χ1) is 43.4. The van der Waals surface area contributed by atoms with Crippen LogP contribution in [0.25, 0.3) is 90.9 Å². The van der Waals surface area contributed by atoms with Gasteiger partial charge in [-0.25, -0.2) is 29.1 Å². The molecule has 10 N–H and O–H groups in total. The van der Waals surface area contributed by atoms with E-state index in [9.17, 15) is 58.8 Å². The number of carbonyl (C=O) groups excluding carboxylic acids is 4. The second kappa shape index (κ2) is 25.3. The molecule has 0 saturated carbocycles. The lowest BCUT2D eigenvalue weighted by Crippen LogP contribution is -2.56. The smallest absolute Gasteiger partial charge is 0.337 e. The molecule has 474 valence electrons. The van der Waals surface area contributed by atoms with Crippen molar-refractivity contribution in [1.82, 2.24) is 19.9 Å². The van der Waals surface area contributed by atoms with E-state index < -0.39 is 92.8 Å². The zero-order valence-electron chi connectivity index (χ0n) is 53.1. The Kier molecular flexibility index (Phi) is 18.0. The van der Waals surface area contributed by atoms with Crippen LogP contribution in [-0.4, -0.2) is 110 Å². The molecule has 0 saturated heterocycles. The van der Waals surface area contributed by atoms with Gasteiger partial charge in [-0.15, -0.1) is 0 Å². The molecule has 0 amide bonds. The van der Waals surface area contributed by atoms with E-state index >= 15 is 0 Å². The molecule has 2 aliphatic rings. The van der Waals surface area contributed by atoms with Crippen molar-refractivity contribution in [3.05, 3.63) is 144 Å². The van der Waals surface area contributed by atoms with Crippen LogP contribution in [0.3, 0.4) is 0 Å². The lowest BCUT2D eigenvalue weighted by atomic mass is 9.82. The normalized spacial score (nSPS) is 14.6. The highest BCUT2D eigenvalue weighted by molar-refractivity contribution is 6.13. The molecule has 92 heavy (non-hydrogen) atoms. The molecule has 4 unspecified atom stereocenters. The van der Waals surface area contributed by atoms with Gasteiger partial charge in [-0.1, -0.05) is 104 Å². The van der Waals surface area contributed by atoms with Gasteiger partial charge in [0, 0.05) is 67.1 Å². The number of rotatable bonds is 24. The number of benzene rings is 4. The predicted molar refractivity (Wildman–Crippen MR) is 359 cm³/mol. The fourth-order valence-electron chi connectivity index (χ4n) is 12.7. The lowest BCUT2D eigenvalue weighted by Gasteiger charge is -2.32. The van der Waals surface area contributed by atoms with E-state index in [1.54, 1.807) is 128 Å². The molecule has 9 rings (SSSR count). The van der Waals surface area contributed by atoms with E-state index in [0.29, 0.717) is 112 Å². The van der Waals surface area contributed by atoms with Crippen LogP contribution in [0.4, 0.5) is 22.7 Å². The first-order valence-electron chi connectivity index (χ1n) is 30.1. The molecule has 3 aromatic heterocycles. The van der Waals surface area contributed by atoms with Gasteiger partial charge in [0.2, 0.25) is 0 Å². The second-order valence-electron chi connectivity index (χ2n) is 24.6. The summed E-state index contributed by atoms with van der Waals surface area (Å²) in [5, 5.41) is 54.9. The maximum Gasteiger partial charge on any atom is 0.337 e. The van der Waals surface area contributed by atoms with E-state index in [-0.39, 0.29) is 0 Å². The Bertz CT molecular complexity index is 3840. The van der Waals surface area contributed by atoms with Gasteiger partial charge in [-0.3, -0.25) is 19.2 Å². The summed E-state index contributed by atoms with van der Waals surface area (Å²) in [6.07, 6.45) is 7.27. The Morgan fingerprint density at radius 3 is 0.696 bits per heavy atom. The second-order valence-corrected chi connectivity index (χ2v) is 24.6. The fraction of sp³-hybridized carbons (Fsp3) is 0.278. The fourth-order valence-corrected chi connectivity index (χ4v) is 12.7. The minimum absolute atomic E-state index is 0.315. The molecule has 20 nitrogen and oxygen atoms in total. The number of anilines is 4.